The van der Waals surface area contributed by atoms with Gasteiger partial charge in [-0.15, -0.1) is 0 Å². The second kappa shape index (κ2) is 1.91. The van der Waals surface area contributed by atoms with Gasteiger partial charge in [0.25, 0.3) is 0 Å². The largest absolute Gasteiger partial charge is 0.384 e. The topological polar surface area (TPSA) is 48.9 Å². The zero-order valence-electron chi connectivity index (χ0n) is 6.83. The van der Waals surface area contributed by atoms with Crippen LogP contribution in [-0.2, 0) is 5.60 Å². The third kappa shape index (κ3) is 0.591. The van der Waals surface area contributed by atoms with Gasteiger partial charge in [-0.2, -0.15) is 5.10 Å². The van der Waals surface area contributed by atoms with Gasteiger partial charge in [-0.25, -0.2) is 0 Å². The van der Waals surface area contributed by atoms with Crippen LogP contribution in [0.25, 0.3) is 0 Å². The Labute approximate surface area is 70.8 Å². The van der Waals surface area contributed by atoms with Crippen molar-refractivity contribution in [1.29, 1.82) is 0 Å². The van der Waals surface area contributed by atoms with E-state index in [0.29, 0.717) is 11.8 Å². The maximum atomic E-state index is 10.2. The molecule has 1 aromatic heterocycles. The molecule has 2 unspecified atom stereocenters. The smallest absolute Gasteiger partial charge is 0.0990 e. The highest BCUT2D eigenvalue weighted by atomic mass is 16.3. The molecule has 0 saturated heterocycles. The van der Waals surface area contributed by atoms with Crippen LogP contribution in [0.1, 0.15) is 24.8 Å². The summed E-state index contributed by atoms with van der Waals surface area (Å²) in [5, 5.41) is 16.8. The Bertz CT molecular complexity index is 283. The number of fused-ring (bicyclic) bond motifs is 1. The lowest BCUT2D eigenvalue weighted by Gasteiger charge is -2.10. The number of H-pyrrole nitrogens is 1. The fraction of sp³-hybridized carbons (Fsp3) is 0.667. The number of rotatable bonds is 1. The number of hydrogen-bond acceptors (Lipinski definition) is 2. The summed E-state index contributed by atoms with van der Waals surface area (Å²) in [6, 6.07) is 0. The predicted molar refractivity (Wildman–Crippen MR) is 43.3 cm³/mol. The van der Waals surface area contributed by atoms with E-state index in [-0.39, 0.29) is 0 Å². The lowest BCUT2D eigenvalue weighted by Crippen LogP contribution is -2.11. The van der Waals surface area contributed by atoms with Gasteiger partial charge in [-0.05, 0) is 24.7 Å². The summed E-state index contributed by atoms with van der Waals surface area (Å²) in [7, 11) is 0. The summed E-state index contributed by atoms with van der Waals surface area (Å²) in [4.78, 5) is 0. The van der Waals surface area contributed by atoms with Gasteiger partial charge in [-0.3, -0.25) is 5.10 Å². The van der Waals surface area contributed by atoms with Crippen molar-refractivity contribution in [1.82, 2.24) is 10.2 Å². The van der Waals surface area contributed by atoms with Gasteiger partial charge >= 0.3 is 0 Å². The van der Waals surface area contributed by atoms with Gasteiger partial charge in [0.2, 0.25) is 0 Å². The van der Waals surface area contributed by atoms with E-state index in [1.54, 1.807) is 6.20 Å². The minimum absolute atomic E-state index is 0.509. The molecule has 2 aliphatic rings. The Kier molecular flexibility index (Phi) is 1.06. The van der Waals surface area contributed by atoms with E-state index in [4.69, 9.17) is 0 Å². The van der Waals surface area contributed by atoms with Crippen LogP contribution >= 0.6 is 0 Å². The number of aromatic nitrogens is 2. The Hall–Kier alpha value is -0.830. The first-order chi connectivity index (χ1) is 5.83. The molecule has 3 heteroatoms. The van der Waals surface area contributed by atoms with Crippen LogP contribution in [0.2, 0.25) is 0 Å². The average Bonchev–Trinajstić information content (AvgIpc) is 2.62. The molecule has 0 amide bonds. The summed E-state index contributed by atoms with van der Waals surface area (Å²) in [6.45, 7) is 0. The van der Waals surface area contributed by atoms with Gasteiger partial charge in [-0.1, -0.05) is 6.42 Å². The van der Waals surface area contributed by atoms with Crippen molar-refractivity contribution < 1.29 is 5.11 Å². The quantitative estimate of drug-likeness (QED) is 0.651. The summed E-state index contributed by atoms with van der Waals surface area (Å²) >= 11 is 0. The first kappa shape index (κ1) is 6.66. The van der Waals surface area contributed by atoms with Gasteiger partial charge in [0, 0.05) is 11.8 Å². The molecule has 2 atom stereocenters. The van der Waals surface area contributed by atoms with E-state index in [0.717, 1.165) is 5.56 Å². The molecule has 2 aliphatic carbocycles. The third-order valence-electron chi connectivity index (χ3n) is 3.50. The Morgan fingerprint density at radius 3 is 2.83 bits per heavy atom. The highest BCUT2D eigenvalue weighted by Gasteiger charge is 2.66. The van der Waals surface area contributed by atoms with Gasteiger partial charge in [0.05, 0.1) is 11.8 Å². The second-order valence-corrected chi connectivity index (χ2v) is 3.96. The second-order valence-electron chi connectivity index (χ2n) is 3.96. The summed E-state index contributed by atoms with van der Waals surface area (Å²) in [5.74, 6) is 1.05. The van der Waals surface area contributed by atoms with Crippen LogP contribution in [0, 0.1) is 11.8 Å². The van der Waals surface area contributed by atoms with E-state index >= 15 is 0 Å². The fourth-order valence-corrected chi connectivity index (χ4v) is 2.82. The summed E-state index contributed by atoms with van der Waals surface area (Å²) in [6.07, 6.45) is 7.23. The van der Waals surface area contributed by atoms with Crippen molar-refractivity contribution in [2.24, 2.45) is 11.8 Å². The van der Waals surface area contributed by atoms with Crippen molar-refractivity contribution in [3.8, 4) is 0 Å². The van der Waals surface area contributed by atoms with Gasteiger partial charge in [0.1, 0.15) is 0 Å². The minimum Gasteiger partial charge on any atom is -0.384 e. The van der Waals surface area contributed by atoms with Crippen LogP contribution in [0.15, 0.2) is 12.4 Å². The lowest BCUT2D eigenvalue weighted by molar-refractivity contribution is 0.105. The molecule has 0 aliphatic heterocycles. The molecule has 0 aromatic carbocycles. The normalized spacial score (nSPS) is 44.4. The highest BCUT2D eigenvalue weighted by molar-refractivity contribution is 5.29. The Morgan fingerprint density at radius 2 is 2.25 bits per heavy atom. The van der Waals surface area contributed by atoms with E-state index in [1.807, 2.05) is 6.20 Å². The van der Waals surface area contributed by atoms with Gasteiger partial charge in [0.15, 0.2) is 0 Å². The zero-order valence-corrected chi connectivity index (χ0v) is 6.83. The molecule has 2 N–H and O–H groups in total. The number of nitrogens with zero attached hydrogens (tertiary/aromatic N) is 1. The van der Waals surface area contributed by atoms with E-state index in [2.05, 4.69) is 10.2 Å². The molecular weight excluding hydrogens is 152 g/mol. The fourth-order valence-electron chi connectivity index (χ4n) is 2.82. The first-order valence-corrected chi connectivity index (χ1v) is 4.55. The van der Waals surface area contributed by atoms with Crippen LogP contribution in [-0.4, -0.2) is 15.3 Å². The molecule has 1 aromatic rings. The Morgan fingerprint density at radius 1 is 1.50 bits per heavy atom. The van der Waals surface area contributed by atoms with E-state index < -0.39 is 5.60 Å². The number of nitrogens with one attached hydrogen (secondary N) is 1. The van der Waals surface area contributed by atoms with Crippen molar-refractivity contribution >= 4 is 0 Å². The molecule has 64 valence electrons. The molecule has 0 radical (unpaired) electrons. The zero-order chi connectivity index (χ0) is 8.18. The first-order valence-electron chi connectivity index (χ1n) is 4.55. The molecule has 1 heterocycles. The van der Waals surface area contributed by atoms with E-state index in [1.165, 1.54) is 19.3 Å². The predicted octanol–water partition coefficient (Wildman–Crippen LogP) is 1.03. The molecule has 2 saturated carbocycles. The molecule has 0 bridgehead atoms. The maximum Gasteiger partial charge on any atom is 0.0990 e. The van der Waals surface area contributed by atoms with Crippen LogP contribution < -0.4 is 0 Å². The van der Waals surface area contributed by atoms with Crippen LogP contribution in [0.3, 0.4) is 0 Å². The molecule has 0 spiro atoms. The van der Waals surface area contributed by atoms with Crippen molar-refractivity contribution in [2.45, 2.75) is 24.9 Å². The molecule has 3 rings (SSSR count). The third-order valence-corrected chi connectivity index (χ3v) is 3.50. The number of aromatic amines is 1. The number of hydrogen-bond donors (Lipinski definition) is 2. The van der Waals surface area contributed by atoms with E-state index in [9.17, 15) is 5.11 Å². The standard InChI is InChI=1S/C9H12N2O/c12-9(6-4-10-11-5-6)7-2-1-3-8(7)9/h4-5,7-8,12H,1-3H2,(H,10,11). The Balaban J connectivity index is 1.96. The van der Waals surface area contributed by atoms with Crippen molar-refractivity contribution in [3.05, 3.63) is 18.0 Å². The summed E-state index contributed by atoms with van der Waals surface area (Å²) in [5.41, 5.74) is 0.475. The molecule has 12 heavy (non-hydrogen) atoms. The lowest BCUT2D eigenvalue weighted by atomic mass is 10.0. The molecule has 3 nitrogen and oxygen atoms in total. The average molecular weight is 164 g/mol. The maximum absolute atomic E-state index is 10.2. The van der Waals surface area contributed by atoms with Crippen molar-refractivity contribution in [3.63, 3.8) is 0 Å². The highest BCUT2D eigenvalue weighted by Crippen LogP contribution is 2.65. The minimum atomic E-state index is -0.509. The monoisotopic (exact) mass is 164 g/mol. The SMILES string of the molecule is OC1(c2cn[nH]c2)C2CCCC21. The molecule has 2 fully saturated rings. The summed E-state index contributed by atoms with van der Waals surface area (Å²) < 4.78 is 0. The van der Waals surface area contributed by atoms with Crippen molar-refractivity contribution in [2.75, 3.05) is 0 Å². The van der Waals surface area contributed by atoms with Gasteiger partial charge < -0.3 is 5.11 Å². The van der Waals surface area contributed by atoms with Crippen LogP contribution in [0.5, 0.6) is 0 Å². The number of aliphatic hydroxyl groups is 1. The molecular formula is C9H12N2O. The van der Waals surface area contributed by atoms with Crippen LogP contribution in [0.4, 0.5) is 0 Å².